The van der Waals surface area contributed by atoms with Gasteiger partial charge in [-0.1, -0.05) is 18.2 Å². The largest absolute Gasteiger partial charge is 0.377 e. The van der Waals surface area contributed by atoms with E-state index >= 15 is 0 Å². The first kappa shape index (κ1) is 17.6. The summed E-state index contributed by atoms with van der Waals surface area (Å²) in [7, 11) is 1.61. The molecule has 0 saturated carbocycles. The molecule has 2 aromatic rings. The van der Waals surface area contributed by atoms with Crippen LogP contribution < -0.4 is 10.6 Å². The number of anilines is 1. The number of aryl methyl sites for hydroxylation is 1. The summed E-state index contributed by atoms with van der Waals surface area (Å²) >= 11 is 0. The van der Waals surface area contributed by atoms with Gasteiger partial charge >= 0.3 is 11.8 Å². The Balaban J connectivity index is 1.91. The number of amides is 2. The van der Waals surface area contributed by atoms with Crippen molar-refractivity contribution >= 4 is 17.5 Å². The fraction of sp³-hybridized carbons (Fsp3) is 0.278. The van der Waals surface area contributed by atoms with Gasteiger partial charge < -0.3 is 15.4 Å². The van der Waals surface area contributed by atoms with Crippen LogP contribution in [0.1, 0.15) is 29.8 Å². The lowest BCUT2D eigenvalue weighted by molar-refractivity contribution is -0.136. The normalized spacial score (nSPS) is 11.6. The first-order chi connectivity index (χ1) is 11.5. The molecule has 0 radical (unpaired) electrons. The summed E-state index contributed by atoms with van der Waals surface area (Å²) in [6.07, 6.45) is 1.58. The minimum atomic E-state index is -0.711. The molecule has 1 aromatic heterocycles. The van der Waals surface area contributed by atoms with Gasteiger partial charge in [0.15, 0.2) is 0 Å². The molecule has 1 aromatic carbocycles. The third-order valence-electron chi connectivity index (χ3n) is 3.60. The molecule has 1 atom stereocenters. The maximum atomic E-state index is 12.0. The molecule has 0 saturated heterocycles. The van der Waals surface area contributed by atoms with Crippen molar-refractivity contribution < 1.29 is 14.3 Å². The van der Waals surface area contributed by atoms with E-state index in [1.165, 1.54) is 0 Å². The van der Waals surface area contributed by atoms with Gasteiger partial charge in [0, 0.05) is 31.2 Å². The van der Waals surface area contributed by atoms with Crippen LogP contribution in [0.3, 0.4) is 0 Å². The van der Waals surface area contributed by atoms with Crippen LogP contribution in [0, 0.1) is 6.92 Å². The SMILES string of the molecule is CO[C@H](C)c1cccc(NC(=O)C(=O)NCc2ccc(C)nc2)c1. The first-order valence-corrected chi connectivity index (χ1v) is 7.63. The molecule has 2 amide bonds. The van der Waals surface area contributed by atoms with Crippen LogP contribution in [0.2, 0.25) is 0 Å². The highest BCUT2D eigenvalue weighted by Gasteiger charge is 2.14. The minimum Gasteiger partial charge on any atom is -0.377 e. The summed E-state index contributed by atoms with van der Waals surface area (Å²) in [6, 6.07) is 10.9. The van der Waals surface area contributed by atoms with Gasteiger partial charge in [-0.2, -0.15) is 0 Å². The Morgan fingerprint density at radius 1 is 1.21 bits per heavy atom. The zero-order valence-electron chi connectivity index (χ0n) is 14.0. The van der Waals surface area contributed by atoms with E-state index in [2.05, 4.69) is 15.6 Å². The number of ether oxygens (including phenoxy) is 1. The Hall–Kier alpha value is -2.73. The number of benzene rings is 1. The molecule has 0 aliphatic heterocycles. The molecule has 0 unspecified atom stereocenters. The van der Waals surface area contributed by atoms with E-state index in [1.807, 2.05) is 32.0 Å². The molecule has 2 rings (SSSR count). The predicted molar refractivity (Wildman–Crippen MR) is 91.3 cm³/mol. The van der Waals surface area contributed by atoms with E-state index in [1.54, 1.807) is 31.5 Å². The average molecular weight is 327 g/mol. The zero-order chi connectivity index (χ0) is 17.5. The molecule has 6 heteroatoms. The highest BCUT2D eigenvalue weighted by Crippen LogP contribution is 2.19. The lowest BCUT2D eigenvalue weighted by atomic mass is 10.1. The van der Waals surface area contributed by atoms with Gasteiger partial charge in [0.05, 0.1) is 6.10 Å². The van der Waals surface area contributed by atoms with Gasteiger partial charge in [0.25, 0.3) is 0 Å². The van der Waals surface area contributed by atoms with E-state index in [9.17, 15) is 9.59 Å². The third-order valence-corrected chi connectivity index (χ3v) is 3.60. The van der Waals surface area contributed by atoms with Crippen molar-refractivity contribution in [1.29, 1.82) is 0 Å². The van der Waals surface area contributed by atoms with Crippen LogP contribution in [0.15, 0.2) is 42.6 Å². The number of aromatic nitrogens is 1. The lowest BCUT2D eigenvalue weighted by Crippen LogP contribution is -2.35. The van der Waals surface area contributed by atoms with Gasteiger partial charge in [-0.05, 0) is 43.2 Å². The zero-order valence-corrected chi connectivity index (χ0v) is 14.0. The second kappa shape index (κ2) is 8.21. The van der Waals surface area contributed by atoms with Crippen molar-refractivity contribution in [3.05, 3.63) is 59.4 Å². The third kappa shape index (κ3) is 4.89. The van der Waals surface area contributed by atoms with Gasteiger partial charge in [0.1, 0.15) is 0 Å². The van der Waals surface area contributed by atoms with Crippen molar-refractivity contribution in [2.24, 2.45) is 0 Å². The maximum Gasteiger partial charge on any atom is 0.313 e. The summed E-state index contributed by atoms with van der Waals surface area (Å²) in [6.45, 7) is 4.04. The van der Waals surface area contributed by atoms with E-state index < -0.39 is 11.8 Å². The number of hydrogen-bond acceptors (Lipinski definition) is 4. The summed E-state index contributed by atoms with van der Waals surface area (Å²) in [4.78, 5) is 28.0. The van der Waals surface area contributed by atoms with Gasteiger partial charge in [-0.25, -0.2) is 0 Å². The topological polar surface area (TPSA) is 80.3 Å². The molecule has 0 aliphatic carbocycles. The van der Waals surface area contributed by atoms with E-state index in [0.717, 1.165) is 16.8 Å². The summed E-state index contributed by atoms with van der Waals surface area (Å²) < 4.78 is 5.24. The molecule has 0 fully saturated rings. The van der Waals surface area contributed by atoms with E-state index in [0.29, 0.717) is 5.69 Å². The molecule has 24 heavy (non-hydrogen) atoms. The molecular weight excluding hydrogens is 306 g/mol. The van der Waals surface area contributed by atoms with Crippen LogP contribution in [-0.2, 0) is 20.9 Å². The second-order valence-electron chi connectivity index (χ2n) is 5.45. The molecule has 0 bridgehead atoms. The summed E-state index contributed by atoms with van der Waals surface area (Å²) in [5.74, 6) is -1.40. The number of rotatable bonds is 5. The molecule has 126 valence electrons. The minimum absolute atomic E-state index is 0.0929. The molecule has 0 aliphatic rings. The fourth-order valence-electron chi connectivity index (χ4n) is 2.06. The number of nitrogens with one attached hydrogen (secondary N) is 2. The van der Waals surface area contributed by atoms with Crippen molar-refractivity contribution in [2.75, 3.05) is 12.4 Å². The number of hydrogen-bond donors (Lipinski definition) is 2. The lowest BCUT2D eigenvalue weighted by Gasteiger charge is -2.12. The standard InChI is InChI=1S/C18H21N3O3/c1-12-7-8-14(10-19-12)11-20-17(22)18(23)21-16-6-4-5-15(9-16)13(2)24-3/h4-10,13H,11H2,1-3H3,(H,20,22)(H,21,23)/t13-/m1/s1. The Morgan fingerprint density at radius 3 is 2.67 bits per heavy atom. The predicted octanol–water partition coefficient (Wildman–Crippen LogP) is 2.35. The van der Waals surface area contributed by atoms with Crippen molar-refractivity contribution in [2.45, 2.75) is 26.5 Å². The summed E-state index contributed by atoms with van der Waals surface area (Å²) in [5.41, 5.74) is 3.20. The van der Waals surface area contributed by atoms with Gasteiger partial charge in [-0.15, -0.1) is 0 Å². The molecule has 0 spiro atoms. The van der Waals surface area contributed by atoms with Crippen molar-refractivity contribution in [3.8, 4) is 0 Å². The Morgan fingerprint density at radius 2 is 2.00 bits per heavy atom. The van der Waals surface area contributed by atoms with Crippen molar-refractivity contribution in [3.63, 3.8) is 0 Å². The number of methoxy groups -OCH3 is 1. The molecule has 1 heterocycles. The number of carbonyl (C=O) groups excluding carboxylic acids is 2. The van der Waals surface area contributed by atoms with E-state index in [-0.39, 0.29) is 12.6 Å². The van der Waals surface area contributed by atoms with Crippen molar-refractivity contribution in [1.82, 2.24) is 10.3 Å². The van der Waals surface area contributed by atoms with Crippen LogP contribution in [0.4, 0.5) is 5.69 Å². The highest BCUT2D eigenvalue weighted by molar-refractivity contribution is 6.39. The monoisotopic (exact) mass is 327 g/mol. The van der Waals surface area contributed by atoms with E-state index in [4.69, 9.17) is 4.74 Å². The smallest absolute Gasteiger partial charge is 0.313 e. The molecule has 6 nitrogen and oxygen atoms in total. The number of carbonyl (C=O) groups is 2. The van der Waals surface area contributed by atoms with Crippen LogP contribution in [0.25, 0.3) is 0 Å². The Labute approximate surface area is 141 Å². The molecule has 2 N–H and O–H groups in total. The van der Waals surface area contributed by atoms with Crippen LogP contribution >= 0.6 is 0 Å². The average Bonchev–Trinajstić information content (AvgIpc) is 2.60. The second-order valence-corrected chi connectivity index (χ2v) is 5.45. The maximum absolute atomic E-state index is 12.0. The fourth-order valence-corrected chi connectivity index (χ4v) is 2.06. The Kier molecular flexibility index (Phi) is 6.03. The van der Waals surface area contributed by atoms with Gasteiger partial charge in [-0.3, -0.25) is 14.6 Å². The number of pyridine rings is 1. The molecular formula is C18H21N3O3. The van der Waals surface area contributed by atoms with Crippen LogP contribution in [-0.4, -0.2) is 23.9 Å². The Bertz CT molecular complexity index is 714. The first-order valence-electron chi connectivity index (χ1n) is 7.63. The summed E-state index contributed by atoms with van der Waals surface area (Å²) in [5, 5.41) is 5.16. The van der Waals surface area contributed by atoms with Crippen LogP contribution in [0.5, 0.6) is 0 Å². The quantitative estimate of drug-likeness (QED) is 0.826. The number of nitrogens with zero attached hydrogens (tertiary/aromatic N) is 1. The van der Waals surface area contributed by atoms with Gasteiger partial charge in [0.2, 0.25) is 0 Å². The highest BCUT2D eigenvalue weighted by atomic mass is 16.5.